The van der Waals surface area contributed by atoms with Gasteiger partial charge in [0.1, 0.15) is 18.3 Å². The van der Waals surface area contributed by atoms with E-state index in [0.717, 1.165) is 4.57 Å². The molecule has 0 aromatic carbocycles. The van der Waals surface area contributed by atoms with Crippen LogP contribution in [0.3, 0.4) is 0 Å². The van der Waals surface area contributed by atoms with Crippen LogP contribution < -0.4 is 17.0 Å². The summed E-state index contributed by atoms with van der Waals surface area (Å²) in [6.07, 6.45) is -2.62. The van der Waals surface area contributed by atoms with Crippen molar-refractivity contribution in [3.05, 3.63) is 32.6 Å². The number of aromatic nitrogens is 2. The zero-order valence-electron chi connectivity index (χ0n) is 11.3. The molecule has 118 valence electrons. The van der Waals surface area contributed by atoms with E-state index in [9.17, 15) is 19.8 Å². The predicted octanol–water partition coefficient (Wildman–Crippen LogP) is -2.96. The molecule has 6 N–H and O–H groups in total. The van der Waals surface area contributed by atoms with Gasteiger partial charge >= 0.3 is 5.69 Å². The fraction of sp³-hybridized carbons (Fsp3) is 0.667. The molecule has 9 heteroatoms. The van der Waals surface area contributed by atoms with Crippen LogP contribution in [0.2, 0.25) is 0 Å². The number of rotatable bonds is 5. The molecule has 0 aliphatic carbocycles. The molecule has 1 aliphatic rings. The first-order valence-corrected chi connectivity index (χ1v) is 6.66. The van der Waals surface area contributed by atoms with Gasteiger partial charge in [-0.25, -0.2) is 4.79 Å². The zero-order chi connectivity index (χ0) is 15.6. The number of hydrogen-bond donors (Lipinski definition) is 5. The summed E-state index contributed by atoms with van der Waals surface area (Å²) in [6.45, 7) is -0.0979. The van der Waals surface area contributed by atoms with Crippen molar-refractivity contribution in [2.45, 2.75) is 37.4 Å². The number of nitrogens with zero attached hydrogens (tertiary/aromatic N) is 1. The summed E-state index contributed by atoms with van der Waals surface area (Å²) in [5, 5.41) is 28.7. The second kappa shape index (κ2) is 6.50. The standard InChI is InChI=1S/C12H19N3O6/c13-3-1-2-6-4-15(12(20)14-10(6)19)11-9(18)8(17)7(5-16)21-11/h4,7-9,11,16-18H,1-3,5,13H2,(H,14,19,20)/t7-,8-,9-,11-/m1/s1. The third-order valence-electron chi connectivity index (χ3n) is 3.48. The molecule has 1 aromatic heterocycles. The molecule has 4 atom stereocenters. The Balaban J connectivity index is 2.35. The van der Waals surface area contributed by atoms with Gasteiger partial charge in [-0.15, -0.1) is 0 Å². The summed E-state index contributed by atoms with van der Waals surface area (Å²) in [5.41, 5.74) is 4.44. The highest BCUT2D eigenvalue weighted by Gasteiger charge is 2.43. The van der Waals surface area contributed by atoms with Crippen molar-refractivity contribution in [2.24, 2.45) is 5.73 Å². The Hall–Kier alpha value is -1.52. The third kappa shape index (κ3) is 3.06. The van der Waals surface area contributed by atoms with E-state index in [0.29, 0.717) is 24.9 Å². The lowest BCUT2D eigenvalue weighted by Gasteiger charge is -2.17. The monoisotopic (exact) mass is 301 g/mol. The second-order valence-corrected chi connectivity index (χ2v) is 4.94. The van der Waals surface area contributed by atoms with Crippen LogP contribution >= 0.6 is 0 Å². The minimum atomic E-state index is -1.38. The van der Waals surface area contributed by atoms with E-state index >= 15 is 0 Å². The predicted molar refractivity (Wildman–Crippen MR) is 71.7 cm³/mol. The van der Waals surface area contributed by atoms with Crippen molar-refractivity contribution in [1.29, 1.82) is 0 Å². The second-order valence-electron chi connectivity index (χ2n) is 4.94. The van der Waals surface area contributed by atoms with Crippen molar-refractivity contribution < 1.29 is 20.1 Å². The maximum Gasteiger partial charge on any atom is 0.330 e. The molecule has 1 fully saturated rings. The van der Waals surface area contributed by atoms with Gasteiger partial charge in [0, 0.05) is 11.8 Å². The highest BCUT2D eigenvalue weighted by Crippen LogP contribution is 2.27. The van der Waals surface area contributed by atoms with Crippen LogP contribution in [-0.4, -0.2) is 56.3 Å². The average molecular weight is 301 g/mol. The fourth-order valence-corrected chi connectivity index (χ4v) is 2.30. The molecule has 2 rings (SSSR count). The van der Waals surface area contributed by atoms with Crippen LogP contribution in [0.1, 0.15) is 18.2 Å². The number of aromatic amines is 1. The molecule has 0 unspecified atom stereocenters. The Bertz CT molecular complexity index is 597. The Morgan fingerprint density at radius 2 is 2.05 bits per heavy atom. The molecule has 0 saturated carbocycles. The molecular formula is C12H19N3O6. The zero-order valence-corrected chi connectivity index (χ0v) is 11.3. The van der Waals surface area contributed by atoms with Crippen LogP contribution in [0.4, 0.5) is 0 Å². The van der Waals surface area contributed by atoms with Gasteiger partial charge in [0.2, 0.25) is 0 Å². The molecule has 0 radical (unpaired) electrons. The molecule has 1 saturated heterocycles. The minimum absolute atomic E-state index is 0.331. The first-order valence-electron chi connectivity index (χ1n) is 6.66. The van der Waals surface area contributed by atoms with Crippen LogP contribution in [-0.2, 0) is 11.2 Å². The number of aliphatic hydroxyl groups excluding tert-OH is 3. The molecular weight excluding hydrogens is 282 g/mol. The van der Waals surface area contributed by atoms with E-state index in [1.165, 1.54) is 6.20 Å². The highest BCUT2D eigenvalue weighted by atomic mass is 16.6. The van der Waals surface area contributed by atoms with Gasteiger partial charge in [0.15, 0.2) is 6.23 Å². The van der Waals surface area contributed by atoms with Crippen molar-refractivity contribution in [3.63, 3.8) is 0 Å². The molecule has 0 amide bonds. The lowest BCUT2D eigenvalue weighted by atomic mass is 10.1. The van der Waals surface area contributed by atoms with Gasteiger partial charge in [0.25, 0.3) is 5.56 Å². The maximum absolute atomic E-state index is 11.8. The first-order chi connectivity index (χ1) is 9.99. The smallest absolute Gasteiger partial charge is 0.330 e. The summed E-state index contributed by atoms with van der Waals surface area (Å²) >= 11 is 0. The number of nitrogens with one attached hydrogen (secondary N) is 1. The Kier molecular flexibility index (Phi) is 4.91. The molecule has 0 spiro atoms. The van der Waals surface area contributed by atoms with Gasteiger partial charge in [-0.2, -0.15) is 0 Å². The summed E-state index contributed by atoms with van der Waals surface area (Å²) < 4.78 is 6.28. The number of hydrogen-bond acceptors (Lipinski definition) is 7. The minimum Gasteiger partial charge on any atom is -0.394 e. The Labute approximate surface area is 119 Å². The molecule has 9 nitrogen and oxygen atoms in total. The van der Waals surface area contributed by atoms with Gasteiger partial charge in [0.05, 0.1) is 6.61 Å². The number of nitrogens with two attached hydrogens (primary N) is 1. The lowest BCUT2D eigenvalue weighted by Crippen LogP contribution is -2.39. The maximum atomic E-state index is 11.8. The third-order valence-corrected chi connectivity index (χ3v) is 3.48. The average Bonchev–Trinajstić information content (AvgIpc) is 2.74. The molecule has 2 heterocycles. The van der Waals surface area contributed by atoms with E-state index in [4.69, 9.17) is 15.6 Å². The number of ether oxygens (including phenoxy) is 1. The van der Waals surface area contributed by atoms with Crippen LogP contribution in [0.25, 0.3) is 0 Å². The number of aliphatic hydroxyl groups is 3. The van der Waals surface area contributed by atoms with Crippen LogP contribution in [0.5, 0.6) is 0 Å². The van der Waals surface area contributed by atoms with Gasteiger partial charge in [-0.3, -0.25) is 14.3 Å². The highest BCUT2D eigenvalue weighted by molar-refractivity contribution is 5.06. The van der Waals surface area contributed by atoms with Crippen molar-refractivity contribution >= 4 is 0 Å². The number of H-pyrrole nitrogens is 1. The topological polar surface area (TPSA) is 151 Å². The fourth-order valence-electron chi connectivity index (χ4n) is 2.30. The molecule has 1 aliphatic heterocycles. The lowest BCUT2D eigenvalue weighted by molar-refractivity contribution is -0.0551. The quantitative estimate of drug-likeness (QED) is 0.390. The first kappa shape index (κ1) is 15.9. The van der Waals surface area contributed by atoms with Crippen LogP contribution in [0.15, 0.2) is 15.8 Å². The van der Waals surface area contributed by atoms with E-state index in [1.807, 2.05) is 0 Å². The van der Waals surface area contributed by atoms with Gasteiger partial charge in [-0.1, -0.05) is 0 Å². The molecule has 1 aromatic rings. The summed E-state index contributed by atoms with van der Waals surface area (Å²) in [6, 6.07) is 0. The van der Waals surface area contributed by atoms with E-state index in [-0.39, 0.29) is 0 Å². The molecule has 0 bridgehead atoms. The van der Waals surface area contributed by atoms with Gasteiger partial charge in [-0.05, 0) is 19.4 Å². The van der Waals surface area contributed by atoms with E-state index in [2.05, 4.69) is 4.98 Å². The summed E-state index contributed by atoms with van der Waals surface area (Å²) in [7, 11) is 0. The SMILES string of the molecule is NCCCc1cn([C@@H]2O[C@H](CO)[C@@H](O)[C@H]2O)c(=O)[nH]c1=O. The summed E-state index contributed by atoms with van der Waals surface area (Å²) in [5.74, 6) is 0. The largest absolute Gasteiger partial charge is 0.394 e. The van der Waals surface area contributed by atoms with Crippen molar-refractivity contribution in [3.8, 4) is 0 Å². The Morgan fingerprint density at radius 1 is 1.33 bits per heavy atom. The molecule has 21 heavy (non-hydrogen) atoms. The van der Waals surface area contributed by atoms with E-state index in [1.54, 1.807) is 0 Å². The normalized spacial score (nSPS) is 29.0. The number of aryl methyl sites for hydroxylation is 1. The van der Waals surface area contributed by atoms with Crippen LogP contribution in [0, 0.1) is 0 Å². The van der Waals surface area contributed by atoms with Crippen molar-refractivity contribution in [1.82, 2.24) is 9.55 Å². The Morgan fingerprint density at radius 3 is 2.62 bits per heavy atom. The van der Waals surface area contributed by atoms with Gasteiger partial charge < -0.3 is 25.8 Å². The van der Waals surface area contributed by atoms with Crippen molar-refractivity contribution in [2.75, 3.05) is 13.2 Å². The summed E-state index contributed by atoms with van der Waals surface area (Å²) in [4.78, 5) is 25.7. The van der Waals surface area contributed by atoms with E-state index < -0.39 is 42.4 Å².